The zero-order valence-electron chi connectivity index (χ0n) is 12.8. The van der Waals surface area contributed by atoms with Gasteiger partial charge in [0.1, 0.15) is 0 Å². The van der Waals surface area contributed by atoms with Crippen molar-refractivity contribution in [1.82, 2.24) is 14.9 Å². The highest BCUT2D eigenvalue weighted by atomic mass is 32.2. The molecular weight excluding hydrogens is 306 g/mol. The topological polar surface area (TPSA) is 96.5 Å². The second-order valence-corrected chi connectivity index (χ2v) is 6.96. The van der Waals surface area contributed by atoms with Gasteiger partial charge >= 0.3 is 0 Å². The molecule has 0 aromatic carbocycles. The Hall–Kier alpha value is -1.45. The highest BCUT2D eigenvalue weighted by Gasteiger charge is 2.12. The van der Waals surface area contributed by atoms with Crippen LogP contribution in [-0.4, -0.2) is 63.8 Å². The third-order valence-corrected chi connectivity index (χ3v) is 4.83. The van der Waals surface area contributed by atoms with Crippen molar-refractivity contribution in [2.24, 2.45) is 0 Å². The molecule has 8 nitrogen and oxygen atoms in total. The van der Waals surface area contributed by atoms with Crippen LogP contribution in [0, 0.1) is 0 Å². The van der Waals surface area contributed by atoms with Crippen molar-refractivity contribution < 1.29 is 13.2 Å². The Balaban J connectivity index is 1.80. The van der Waals surface area contributed by atoms with Gasteiger partial charge in [0.25, 0.3) is 0 Å². The highest BCUT2D eigenvalue weighted by Crippen LogP contribution is 2.16. The van der Waals surface area contributed by atoms with Gasteiger partial charge in [-0.3, -0.25) is 0 Å². The van der Waals surface area contributed by atoms with Crippen molar-refractivity contribution >= 4 is 21.5 Å². The van der Waals surface area contributed by atoms with Gasteiger partial charge in [0.05, 0.1) is 30.9 Å². The Morgan fingerprint density at radius 3 is 2.82 bits per heavy atom. The lowest BCUT2D eigenvalue weighted by molar-refractivity contribution is 0.122. The second kappa shape index (κ2) is 8.25. The van der Waals surface area contributed by atoms with E-state index in [0.717, 1.165) is 18.8 Å². The van der Waals surface area contributed by atoms with Crippen LogP contribution < -0.4 is 14.9 Å². The fourth-order valence-electron chi connectivity index (χ4n) is 2.18. The van der Waals surface area contributed by atoms with Crippen molar-refractivity contribution in [1.29, 1.82) is 0 Å². The van der Waals surface area contributed by atoms with Crippen LogP contribution in [0.4, 0.5) is 11.5 Å². The minimum atomic E-state index is -3.16. The molecule has 0 spiro atoms. The van der Waals surface area contributed by atoms with Crippen LogP contribution in [0.2, 0.25) is 0 Å². The number of rotatable bonds is 8. The average Bonchev–Trinajstić information content (AvgIpc) is 2.53. The lowest BCUT2D eigenvalue weighted by Gasteiger charge is -2.28. The van der Waals surface area contributed by atoms with Gasteiger partial charge in [0.2, 0.25) is 10.0 Å². The Bertz CT molecular complexity index is 561. The van der Waals surface area contributed by atoms with Gasteiger partial charge in [-0.05, 0) is 6.42 Å². The summed E-state index contributed by atoms with van der Waals surface area (Å²) in [6.45, 7) is 5.72. The first-order valence-corrected chi connectivity index (χ1v) is 9.12. The van der Waals surface area contributed by atoms with Crippen LogP contribution in [-0.2, 0) is 14.8 Å². The Morgan fingerprint density at radius 2 is 2.09 bits per heavy atom. The molecule has 0 radical (unpaired) electrons. The Labute approximate surface area is 131 Å². The van der Waals surface area contributed by atoms with E-state index in [0.29, 0.717) is 38.5 Å². The molecule has 22 heavy (non-hydrogen) atoms. The number of sulfonamides is 1. The molecule has 2 heterocycles. The molecule has 1 aromatic heterocycles. The summed E-state index contributed by atoms with van der Waals surface area (Å²) in [5, 5.41) is 11.1. The average molecular weight is 329 g/mol. The van der Waals surface area contributed by atoms with E-state index < -0.39 is 10.0 Å². The van der Waals surface area contributed by atoms with Crippen molar-refractivity contribution in [3.05, 3.63) is 12.3 Å². The van der Waals surface area contributed by atoms with Gasteiger partial charge in [-0.25, -0.2) is 13.1 Å². The molecule has 0 saturated carbocycles. The van der Waals surface area contributed by atoms with E-state index in [1.165, 1.54) is 0 Å². The third-order valence-electron chi connectivity index (χ3n) is 3.24. The predicted molar refractivity (Wildman–Crippen MR) is 85.6 cm³/mol. The highest BCUT2D eigenvalue weighted by molar-refractivity contribution is 7.89. The SMILES string of the molecule is CCCS(=O)(=O)NCCNc1cc(N2CCOCC2)cnn1. The minimum absolute atomic E-state index is 0.152. The largest absolute Gasteiger partial charge is 0.378 e. The van der Waals surface area contributed by atoms with Crippen LogP contribution in [0.3, 0.4) is 0 Å². The van der Waals surface area contributed by atoms with Crippen molar-refractivity contribution in [2.75, 3.05) is 55.4 Å². The van der Waals surface area contributed by atoms with E-state index in [-0.39, 0.29) is 5.75 Å². The van der Waals surface area contributed by atoms with Gasteiger partial charge in [0.15, 0.2) is 5.82 Å². The maximum absolute atomic E-state index is 11.5. The summed E-state index contributed by atoms with van der Waals surface area (Å²) < 4.78 is 30.9. The molecule has 2 N–H and O–H groups in total. The summed E-state index contributed by atoms with van der Waals surface area (Å²) in [6.07, 6.45) is 2.33. The summed E-state index contributed by atoms with van der Waals surface area (Å²) in [5.74, 6) is 0.790. The number of hydrogen-bond acceptors (Lipinski definition) is 7. The van der Waals surface area contributed by atoms with E-state index in [4.69, 9.17) is 4.74 Å². The lowest BCUT2D eigenvalue weighted by atomic mass is 10.3. The molecule has 2 rings (SSSR count). The first-order valence-electron chi connectivity index (χ1n) is 7.47. The van der Waals surface area contributed by atoms with Gasteiger partial charge < -0.3 is 15.0 Å². The molecule has 1 aliphatic heterocycles. The minimum Gasteiger partial charge on any atom is -0.378 e. The van der Waals surface area contributed by atoms with E-state index in [1.54, 1.807) is 6.20 Å². The van der Waals surface area contributed by atoms with Crippen LogP contribution in [0.5, 0.6) is 0 Å². The molecule has 1 aliphatic rings. The van der Waals surface area contributed by atoms with E-state index in [9.17, 15) is 8.42 Å². The normalized spacial score (nSPS) is 15.8. The molecule has 1 fully saturated rings. The van der Waals surface area contributed by atoms with Gasteiger partial charge in [-0.15, -0.1) is 5.10 Å². The maximum atomic E-state index is 11.5. The summed E-state index contributed by atoms with van der Waals surface area (Å²) in [7, 11) is -3.16. The van der Waals surface area contributed by atoms with Gasteiger partial charge in [0, 0.05) is 32.2 Å². The van der Waals surface area contributed by atoms with E-state index >= 15 is 0 Å². The summed E-state index contributed by atoms with van der Waals surface area (Å²) >= 11 is 0. The smallest absolute Gasteiger partial charge is 0.211 e. The third kappa shape index (κ3) is 5.39. The maximum Gasteiger partial charge on any atom is 0.211 e. The lowest BCUT2D eigenvalue weighted by Crippen LogP contribution is -2.36. The molecule has 0 atom stereocenters. The van der Waals surface area contributed by atoms with Crippen molar-refractivity contribution in [2.45, 2.75) is 13.3 Å². The Morgan fingerprint density at radius 1 is 1.32 bits per heavy atom. The van der Waals surface area contributed by atoms with Crippen molar-refractivity contribution in [3.8, 4) is 0 Å². The molecule has 0 unspecified atom stereocenters. The number of aromatic nitrogens is 2. The quantitative estimate of drug-likeness (QED) is 0.651. The van der Waals surface area contributed by atoms with E-state index in [1.807, 2.05) is 13.0 Å². The molecule has 0 amide bonds. The fraction of sp³-hybridized carbons (Fsp3) is 0.692. The van der Waals surface area contributed by atoms with Crippen LogP contribution in [0.15, 0.2) is 12.3 Å². The summed E-state index contributed by atoms with van der Waals surface area (Å²) in [4.78, 5) is 2.19. The second-order valence-electron chi connectivity index (χ2n) is 5.04. The van der Waals surface area contributed by atoms with Gasteiger partial charge in [-0.2, -0.15) is 5.10 Å². The molecule has 1 saturated heterocycles. The number of hydrogen-bond donors (Lipinski definition) is 2. The zero-order valence-corrected chi connectivity index (χ0v) is 13.6. The summed E-state index contributed by atoms with van der Waals surface area (Å²) in [6, 6.07) is 1.92. The van der Waals surface area contributed by atoms with Crippen molar-refractivity contribution in [3.63, 3.8) is 0 Å². The molecule has 0 bridgehead atoms. The van der Waals surface area contributed by atoms with Gasteiger partial charge in [-0.1, -0.05) is 6.92 Å². The molecular formula is C13H23N5O3S. The van der Waals surface area contributed by atoms with Crippen LogP contribution in [0.25, 0.3) is 0 Å². The fourth-order valence-corrected chi connectivity index (χ4v) is 3.27. The van der Waals surface area contributed by atoms with Crippen LogP contribution in [0.1, 0.15) is 13.3 Å². The molecule has 124 valence electrons. The van der Waals surface area contributed by atoms with Crippen LogP contribution >= 0.6 is 0 Å². The molecule has 1 aromatic rings. The number of nitrogens with one attached hydrogen (secondary N) is 2. The monoisotopic (exact) mass is 329 g/mol. The first kappa shape index (κ1) is 16.9. The number of ether oxygens (including phenoxy) is 1. The molecule has 0 aliphatic carbocycles. The summed E-state index contributed by atoms with van der Waals surface area (Å²) in [5.41, 5.74) is 0.993. The van der Waals surface area contributed by atoms with E-state index in [2.05, 4.69) is 25.1 Å². The first-order chi connectivity index (χ1) is 10.6. The standard InChI is InChI=1S/C13H23N5O3S/c1-2-9-22(19,20)16-4-3-14-13-10-12(11-15-17-13)18-5-7-21-8-6-18/h10-11,16H,2-9H2,1H3,(H,14,17). The number of nitrogens with zero attached hydrogens (tertiary/aromatic N) is 3. The predicted octanol–water partition coefficient (Wildman–Crippen LogP) is 0.0545. The number of anilines is 2. The Kier molecular flexibility index (Phi) is 6.34. The zero-order chi connectivity index (χ0) is 15.8. The molecule has 9 heteroatoms. The number of morpholine rings is 1.